The zero-order chi connectivity index (χ0) is 22.8. The molecule has 0 bridgehead atoms. The average molecular weight is 437 g/mol. The number of alkyl carbamates (subject to hydrolysis) is 1. The number of carbonyl (C=O) groups is 3. The van der Waals surface area contributed by atoms with E-state index in [1.54, 1.807) is 11.8 Å². The van der Waals surface area contributed by atoms with E-state index in [1.807, 2.05) is 31.2 Å². The molecule has 7 nitrogen and oxygen atoms in total. The summed E-state index contributed by atoms with van der Waals surface area (Å²) in [5.41, 5.74) is 4.56. The van der Waals surface area contributed by atoms with E-state index in [4.69, 9.17) is 4.74 Å². The predicted octanol–water partition coefficient (Wildman–Crippen LogP) is 3.63. The largest absolute Gasteiger partial charge is 0.481 e. The summed E-state index contributed by atoms with van der Waals surface area (Å²) in [5, 5.41) is 11.8. The lowest BCUT2D eigenvalue weighted by molar-refractivity contribution is -0.147. The summed E-state index contributed by atoms with van der Waals surface area (Å²) in [6.07, 6.45) is 0.197. The average Bonchev–Trinajstić information content (AvgIpc) is 3.11. The van der Waals surface area contributed by atoms with Gasteiger partial charge in [-0.15, -0.1) is 0 Å². The van der Waals surface area contributed by atoms with Crippen molar-refractivity contribution in [3.63, 3.8) is 0 Å². The molecule has 0 spiro atoms. The van der Waals surface area contributed by atoms with Crippen molar-refractivity contribution in [3.8, 4) is 11.1 Å². The van der Waals surface area contributed by atoms with E-state index in [0.29, 0.717) is 19.4 Å². The third-order valence-electron chi connectivity index (χ3n) is 6.56. The zero-order valence-corrected chi connectivity index (χ0v) is 18.3. The van der Waals surface area contributed by atoms with E-state index in [9.17, 15) is 19.5 Å². The van der Waals surface area contributed by atoms with Gasteiger partial charge in [-0.25, -0.2) is 4.79 Å². The number of carboxylic acid groups (broad SMARTS) is 1. The Morgan fingerprint density at radius 2 is 1.69 bits per heavy atom. The Morgan fingerprint density at radius 3 is 2.25 bits per heavy atom. The van der Waals surface area contributed by atoms with Crippen molar-refractivity contribution in [2.75, 3.05) is 13.2 Å². The minimum absolute atomic E-state index is 0.0470. The molecule has 2 N–H and O–H groups in total. The Hall–Kier alpha value is -3.35. The van der Waals surface area contributed by atoms with Crippen LogP contribution >= 0.6 is 0 Å². The van der Waals surface area contributed by atoms with Crippen LogP contribution in [0.2, 0.25) is 0 Å². The molecule has 0 saturated carbocycles. The summed E-state index contributed by atoms with van der Waals surface area (Å²) in [5.74, 6) is -1.53. The number of hydrogen-bond donors (Lipinski definition) is 2. The highest BCUT2D eigenvalue weighted by Crippen LogP contribution is 2.44. The van der Waals surface area contributed by atoms with Crippen molar-refractivity contribution in [1.29, 1.82) is 0 Å². The normalized spacial score (nSPS) is 20.8. The van der Waals surface area contributed by atoms with Crippen molar-refractivity contribution < 1.29 is 24.2 Å². The van der Waals surface area contributed by atoms with Crippen LogP contribution in [-0.2, 0) is 14.3 Å². The van der Waals surface area contributed by atoms with Crippen molar-refractivity contribution in [1.82, 2.24) is 10.2 Å². The minimum Gasteiger partial charge on any atom is -0.481 e. The first-order valence-electron chi connectivity index (χ1n) is 11.0. The van der Waals surface area contributed by atoms with Crippen LogP contribution in [0.5, 0.6) is 0 Å². The number of rotatable bonds is 5. The number of piperidine rings is 1. The summed E-state index contributed by atoms with van der Waals surface area (Å²) >= 11 is 0. The van der Waals surface area contributed by atoms with Crippen molar-refractivity contribution >= 4 is 18.0 Å². The van der Waals surface area contributed by atoms with Gasteiger partial charge in [0.2, 0.25) is 5.91 Å². The second-order valence-corrected chi connectivity index (χ2v) is 8.63. The molecule has 2 amide bonds. The van der Waals surface area contributed by atoms with Crippen LogP contribution in [0.4, 0.5) is 4.79 Å². The maximum absolute atomic E-state index is 12.8. The van der Waals surface area contributed by atoms with Gasteiger partial charge < -0.3 is 20.1 Å². The molecule has 1 unspecified atom stereocenters. The Balaban J connectivity index is 1.34. The topological polar surface area (TPSA) is 95.9 Å². The molecule has 168 valence electrons. The van der Waals surface area contributed by atoms with E-state index in [-0.39, 0.29) is 24.5 Å². The lowest BCUT2D eigenvalue weighted by Crippen LogP contribution is -2.53. The number of carboxylic acids is 1. The van der Waals surface area contributed by atoms with E-state index in [0.717, 1.165) is 22.3 Å². The third kappa shape index (κ3) is 4.20. The smallest absolute Gasteiger partial charge is 0.407 e. The van der Waals surface area contributed by atoms with Crippen molar-refractivity contribution in [3.05, 3.63) is 59.7 Å². The zero-order valence-electron chi connectivity index (χ0n) is 18.3. The summed E-state index contributed by atoms with van der Waals surface area (Å²) in [6.45, 7) is 4.02. The highest BCUT2D eigenvalue weighted by atomic mass is 16.5. The van der Waals surface area contributed by atoms with E-state index in [2.05, 4.69) is 29.6 Å². The number of nitrogens with zero attached hydrogens (tertiary/aromatic N) is 1. The fourth-order valence-corrected chi connectivity index (χ4v) is 4.85. The third-order valence-corrected chi connectivity index (χ3v) is 6.56. The summed E-state index contributed by atoms with van der Waals surface area (Å²) in [7, 11) is 0. The number of aliphatic carboxylic acids is 1. The highest BCUT2D eigenvalue weighted by Gasteiger charge is 2.35. The van der Waals surface area contributed by atoms with Crippen LogP contribution in [0, 0.1) is 5.92 Å². The van der Waals surface area contributed by atoms with Gasteiger partial charge in [-0.3, -0.25) is 9.59 Å². The summed E-state index contributed by atoms with van der Waals surface area (Å²) < 4.78 is 5.52. The quantitative estimate of drug-likeness (QED) is 0.746. The fourth-order valence-electron chi connectivity index (χ4n) is 4.85. The molecule has 4 rings (SSSR count). The first-order chi connectivity index (χ1) is 15.4. The van der Waals surface area contributed by atoms with E-state index in [1.165, 1.54) is 0 Å². The molecule has 32 heavy (non-hydrogen) atoms. The first-order valence-corrected chi connectivity index (χ1v) is 11.0. The van der Waals surface area contributed by atoms with Gasteiger partial charge >= 0.3 is 12.1 Å². The molecule has 1 aliphatic carbocycles. The van der Waals surface area contributed by atoms with Gasteiger partial charge in [0.25, 0.3) is 0 Å². The van der Waals surface area contributed by atoms with Gasteiger partial charge in [-0.2, -0.15) is 0 Å². The molecule has 1 saturated heterocycles. The minimum atomic E-state index is -0.825. The van der Waals surface area contributed by atoms with Crippen LogP contribution in [0.1, 0.15) is 43.7 Å². The molecular weight excluding hydrogens is 408 g/mol. The molecule has 7 heteroatoms. The number of ether oxygens (including phenoxy) is 1. The molecule has 2 aromatic carbocycles. The van der Waals surface area contributed by atoms with E-state index < -0.39 is 24.0 Å². The van der Waals surface area contributed by atoms with Crippen LogP contribution in [0.3, 0.4) is 0 Å². The van der Waals surface area contributed by atoms with Gasteiger partial charge in [-0.05, 0) is 48.9 Å². The fraction of sp³-hybridized carbons (Fsp3) is 0.400. The van der Waals surface area contributed by atoms with E-state index >= 15 is 0 Å². The molecule has 3 atom stereocenters. The second kappa shape index (κ2) is 9.02. The molecule has 2 aliphatic rings. The van der Waals surface area contributed by atoms with Gasteiger partial charge in [0.1, 0.15) is 12.6 Å². The number of hydrogen-bond acceptors (Lipinski definition) is 4. The molecule has 1 heterocycles. The molecule has 1 aliphatic heterocycles. The first kappa shape index (κ1) is 21.9. The summed E-state index contributed by atoms with van der Waals surface area (Å²) in [4.78, 5) is 38.1. The maximum Gasteiger partial charge on any atom is 0.407 e. The van der Waals surface area contributed by atoms with Crippen molar-refractivity contribution in [2.45, 2.75) is 44.7 Å². The number of benzene rings is 2. The lowest BCUT2D eigenvalue weighted by atomic mass is 9.91. The number of carbonyl (C=O) groups excluding carboxylic acids is 2. The molecule has 2 aromatic rings. The molecule has 0 radical (unpaired) electrons. The number of fused-ring (bicyclic) bond motifs is 3. The van der Waals surface area contributed by atoms with Gasteiger partial charge in [0.05, 0.1) is 5.92 Å². The summed E-state index contributed by atoms with van der Waals surface area (Å²) in [6, 6.07) is 15.3. The van der Waals surface area contributed by atoms with Crippen LogP contribution in [0.15, 0.2) is 48.5 Å². The van der Waals surface area contributed by atoms with Crippen molar-refractivity contribution in [2.24, 2.45) is 5.92 Å². The van der Waals surface area contributed by atoms with Crippen LogP contribution < -0.4 is 5.32 Å². The predicted molar refractivity (Wildman–Crippen MR) is 119 cm³/mol. The SMILES string of the molecule is CC(NC(=O)OCC1c2ccccc2-c2ccccc21)C(=O)N1CC[C@@H](C(=O)O)C[C@H]1C. The Morgan fingerprint density at radius 1 is 1.09 bits per heavy atom. The highest BCUT2D eigenvalue weighted by molar-refractivity contribution is 5.86. The van der Waals surface area contributed by atoms with Crippen LogP contribution in [0.25, 0.3) is 11.1 Å². The Labute approximate surface area is 187 Å². The monoisotopic (exact) mass is 436 g/mol. The number of nitrogens with one attached hydrogen (secondary N) is 1. The Bertz CT molecular complexity index is 991. The second-order valence-electron chi connectivity index (χ2n) is 8.63. The number of likely N-dealkylation sites (tertiary alicyclic amines) is 1. The maximum atomic E-state index is 12.8. The molecular formula is C25H28N2O5. The van der Waals surface area contributed by atoms with Gasteiger partial charge in [0, 0.05) is 18.5 Å². The van der Waals surface area contributed by atoms with Gasteiger partial charge in [-0.1, -0.05) is 48.5 Å². The van der Waals surface area contributed by atoms with Gasteiger partial charge in [0.15, 0.2) is 0 Å². The Kier molecular flexibility index (Phi) is 6.17. The molecule has 0 aromatic heterocycles. The number of amides is 2. The molecule has 1 fully saturated rings. The van der Waals surface area contributed by atoms with Crippen LogP contribution in [-0.4, -0.2) is 53.2 Å². The standard InChI is InChI=1S/C25H28N2O5/c1-15-13-17(24(29)30)11-12-27(15)23(28)16(2)26-25(31)32-14-22-20-9-5-3-7-18(20)19-8-4-6-10-21(19)22/h3-10,15-17,22H,11-14H2,1-2H3,(H,26,31)(H,29,30)/t15-,16?,17-/m1/s1. The lowest BCUT2D eigenvalue weighted by Gasteiger charge is -2.37.